The van der Waals surface area contributed by atoms with E-state index in [1.165, 1.54) is 12.1 Å². The lowest BCUT2D eigenvalue weighted by atomic mass is 10.1. The summed E-state index contributed by atoms with van der Waals surface area (Å²) in [6, 6.07) is 3.59. The van der Waals surface area contributed by atoms with Crippen molar-refractivity contribution >= 4 is 17.6 Å². The van der Waals surface area contributed by atoms with Crippen LogP contribution in [0.4, 0.5) is 5.69 Å². The Hall–Kier alpha value is -2.12. The SMILES string of the molecule is COC(=O)c1c(C(=O)O)cccc1N(O)O. The minimum atomic E-state index is -1.37. The molecule has 0 saturated heterocycles. The average Bonchev–Trinajstić information content (AvgIpc) is 2.26. The third-order valence-electron chi connectivity index (χ3n) is 1.88. The fourth-order valence-corrected chi connectivity index (χ4v) is 1.20. The molecule has 0 heterocycles. The maximum atomic E-state index is 11.3. The second-order valence-electron chi connectivity index (χ2n) is 2.79. The van der Waals surface area contributed by atoms with Gasteiger partial charge in [0, 0.05) is 0 Å². The number of rotatable bonds is 3. The van der Waals surface area contributed by atoms with Gasteiger partial charge in [-0.3, -0.25) is 10.4 Å². The third-order valence-corrected chi connectivity index (χ3v) is 1.88. The van der Waals surface area contributed by atoms with E-state index in [0.717, 1.165) is 13.2 Å². The molecular weight excluding hydrogens is 218 g/mol. The van der Waals surface area contributed by atoms with Crippen LogP contribution in [0.2, 0.25) is 0 Å². The Morgan fingerprint density at radius 3 is 2.38 bits per heavy atom. The lowest BCUT2D eigenvalue weighted by Gasteiger charge is -2.13. The summed E-state index contributed by atoms with van der Waals surface area (Å²) in [7, 11) is 1.06. The van der Waals surface area contributed by atoms with Crippen molar-refractivity contribution in [1.82, 2.24) is 0 Å². The number of esters is 1. The molecule has 16 heavy (non-hydrogen) atoms. The average molecular weight is 227 g/mol. The first-order valence-corrected chi connectivity index (χ1v) is 4.11. The molecule has 1 rings (SSSR count). The van der Waals surface area contributed by atoms with E-state index in [1.807, 2.05) is 0 Å². The van der Waals surface area contributed by atoms with Gasteiger partial charge in [-0.05, 0) is 12.1 Å². The molecule has 3 N–H and O–H groups in total. The van der Waals surface area contributed by atoms with Crippen molar-refractivity contribution in [2.24, 2.45) is 0 Å². The van der Waals surface area contributed by atoms with E-state index < -0.39 is 17.5 Å². The first-order chi connectivity index (χ1) is 7.49. The van der Waals surface area contributed by atoms with Gasteiger partial charge in [-0.25, -0.2) is 9.59 Å². The predicted octanol–water partition coefficient (Wildman–Crippen LogP) is 0.756. The zero-order chi connectivity index (χ0) is 12.3. The number of methoxy groups -OCH3 is 1. The number of anilines is 1. The molecule has 0 aromatic heterocycles. The van der Waals surface area contributed by atoms with Gasteiger partial charge in [0.05, 0.1) is 12.7 Å². The highest BCUT2D eigenvalue weighted by Crippen LogP contribution is 2.23. The monoisotopic (exact) mass is 227 g/mol. The highest BCUT2D eigenvalue weighted by Gasteiger charge is 2.23. The van der Waals surface area contributed by atoms with Crippen LogP contribution in [-0.4, -0.2) is 34.6 Å². The largest absolute Gasteiger partial charge is 0.478 e. The van der Waals surface area contributed by atoms with Gasteiger partial charge >= 0.3 is 11.9 Å². The lowest BCUT2D eigenvalue weighted by Crippen LogP contribution is -2.19. The van der Waals surface area contributed by atoms with E-state index in [4.69, 9.17) is 15.5 Å². The number of hydrogen-bond donors (Lipinski definition) is 3. The Labute approximate surface area is 90.0 Å². The predicted molar refractivity (Wildman–Crippen MR) is 50.8 cm³/mol. The summed E-state index contributed by atoms with van der Waals surface area (Å²) in [5.74, 6) is -2.34. The molecular formula is C9H9NO6. The molecule has 0 aliphatic rings. The fourth-order valence-electron chi connectivity index (χ4n) is 1.20. The summed E-state index contributed by atoms with van der Waals surface area (Å²) < 4.78 is 4.37. The number of carboxylic acid groups (broad SMARTS) is 1. The Kier molecular flexibility index (Phi) is 3.44. The number of benzene rings is 1. The molecule has 0 bridgehead atoms. The summed E-state index contributed by atoms with van der Waals surface area (Å²) in [6.45, 7) is 0. The van der Waals surface area contributed by atoms with E-state index in [1.54, 1.807) is 0 Å². The molecule has 0 aliphatic heterocycles. The Bertz CT molecular complexity index is 428. The van der Waals surface area contributed by atoms with Gasteiger partial charge in [0.2, 0.25) is 0 Å². The van der Waals surface area contributed by atoms with Crippen LogP contribution < -0.4 is 5.23 Å². The molecule has 0 radical (unpaired) electrons. The molecule has 0 atom stereocenters. The van der Waals surface area contributed by atoms with Crippen LogP contribution in [0.1, 0.15) is 20.7 Å². The minimum Gasteiger partial charge on any atom is -0.478 e. The van der Waals surface area contributed by atoms with E-state index >= 15 is 0 Å². The molecule has 7 heteroatoms. The number of carbonyl (C=O) groups is 2. The highest BCUT2D eigenvalue weighted by molar-refractivity contribution is 6.06. The van der Waals surface area contributed by atoms with Crippen molar-refractivity contribution in [3.05, 3.63) is 29.3 Å². The van der Waals surface area contributed by atoms with Crippen molar-refractivity contribution in [2.45, 2.75) is 0 Å². The quantitative estimate of drug-likeness (QED) is 0.516. The smallest absolute Gasteiger partial charge is 0.341 e. The van der Waals surface area contributed by atoms with Crippen molar-refractivity contribution in [3.8, 4) is 0 Å². The number of hydrogen-bond acceptors (Lipinski definition) is 6. The molecule has 0 fully saturated rings. The number of aromatic carboxylic acids is 1. The third kappa shape index (κ3) is 2.10. The second kappa shape index (κ2) is 4.60. The van der Waals surface area contributed by atoms with Crippen molar-refractivity contribution in [3.63, 3.8) is 0 Å². The summed E-state index contributed by atoms with van der Waals surface area (Å²) in [6.07, 6.45) is 0. The Balaban J connectivity index is 3.47. The van der Waals surface area contributed by atoms with E-state index in [9.17, 15) is 9.59 Å². The van der Waals surface area contributed by atoms with Gasteiger partial charge < -0.3 is 9.84 Å². The van der Waals surface area contributed by atoms with Crippen LogP contribution in [-0.2, 0) is 4.74 Å². The molecule has 0 aliphatic carbocycles. The highest BCUT2D eigenvalue weighted by atomic mass is 16.8. The van der Waals surface area contributed by atoms with Crippen LogP contribution >= 0.6 is 0 Å². The Morgan fingerprint density at radius 1 is 1.31 bits per heavy atom. The van der Waals surface area contributed by atoms with Crippen molar-refractivity contribution < 1.29 is 29.8 Å². The molecule has 0 spiro atoms. The summed E-state index contributed by atoms with van der Waals surface area (Å²) in [5.41, 5.74) is -1.17. The molecule has 0 saturated carbocycles. The van der Waals surface area contributed by atoms with Crippen LogP contribution in [0.5, 0.6) is 0 Å². The van der Waals surface area contributed by atoms with E-state index in [-0.39, 0.29) is 16.5 Å². The first kappa shape index (κ1) is 12.0. The van der Waals surface area contributed by atoms with Crippen molar-refractivity contribution in [1.29, 1.82) is 0 Å². The summed E-state index contributed by atoms with van der Waals surface area (Å²) >= 11 is 0. The zero-order valence-electron chi connectivity index (χ0n) is 8.25. The number of carboxylic acids is 1. The molecule has 1 aromatic carbocycles. The first-order valence-electron chi connectivity index (χ1n) is 4.11. The van der Waals surface area contributed by atoms with E-state index in [2.05, 4.69) is 4.74 Å². The van der Waals surface area contributed by atoms with Gasteiger partial charge in [0.15, 0.2) is 0 Å². The normalized spacial score (nSPS) is 9.69. The van der Waals surface area contributed by atoms with Gasteiger partial charge in [-0.2, -0.15) is 0 Å². The standard InChI is InChI=1S/C9H9NO6/c1-16-9(13)7-5(8(11)12)3-2-4-6(7)10(14)15/h2-4,14-15H,1H3,(H,11,12). The van der Waals surface area contributed by atoms with Crippen LogP contribution in [0.3, 0.4) is 0 Å². The maximum absolute atomic E-state index is 11.3. The topological polar surface area (TPSA) is 107 Å². The van der Waals surface area contributed by atoms with Gasteiger partial charge in [0.25, 0.3) is 0 Å². The number of nitrogens with zero attached hydrogens (tertiary/aromatic N) is 1. The van der Waals surface area contributed by atoms with Gasteiger partial charge in [0.1, 0.15) is 11.3 Å². The van der Waals surface area contributed by atoms with E-state index in [0.29, 0.717) is 0 Å². The van der Waals surface area contributed by atoms with Gasteiger partial charge in [-0.15, -0.1) is 5.23 Å². The minimum absolute atomic E-state index is 0.335. The van der Waals surface area contributed by atoms with Gasteiger partial charge in [-0.1, -0.05) is 6.07 Å². The summed E-state index contributed by atoms with van der Waals surface area (Å²) in [5, 5.41) is 26.2. The Morgan fingerprint density at radius 2 is 1.94 bits per heavy atom. The van der Waals surface area contributed by atoms with Crippen molar-refractivity contribution in [2.75, 3.05) is 12.3 Å². The molecule has 1 aromatic rings. The lowest BCUT2D eigenvalue weighted by molar-refractivity contribution is 0.0271. The fraction of sp³-hybridized carbons (Fsp3) is 0.111. The molecule has 0 amide bonds. The molecule has 86 valence electrons. The summed E-state index contributed by atoms with van der Waals surface area (Å²) in [4.78, 5) is 22.2. The van der Waals surface area contributed by atoms with Crippen LogP contribution in [0.15, 0.2) is 18.2 Å². The molecule has 7 nitrogen and oxygen atoms in total. The van der Waals surface area contributed by atoms with Crippen LogP contribution in [0, 0.1) is 0 Å². The number of carbonyl (C=O) groups excluding carboxylic acids is 1. The van der Waals surface area contributed by atoms with Crippen LogP contribution in [0.25, 0.3) is 0 Å². The second-order valence-corrected chi connectivity index (χ2v) is 2.79. The molecule has 0 unspecified atom stereocenters. The zero-order valence-corrected chi connectivity index (χ0v) is 8.25. The number of ether oxygens (including phenoxy) is 1. The maximum Gasteiger partial charge on any atom is 0.341 e.